The van der Waals surface area contributed by atoms with Gasteiger partial charge < -0.3 is 10.6 Å². The van der Waals surface area contributed by atoms with E-state index in [-0.39, 0.29) is 6.04 Å². The van der Waals surface area contributed by atoms with Crippen molar-refractivity contribution < 1.29 is 26.1 Å². The van der Waals surface area contributed by atoms with Crippen molar-refractivity contribution in [3.05, 3.63) is 109 Å². The second-order valence-electron chi connectivity index (χ2n) is 11.2. The van der Waals surface area contributed by atoms with Crippen LogP contribution in [0.4, 0.5) is 24.8 Å². The molecule has 0 amide bonds. The lowest BCUT2D eigenvalue weighted by atomic mass is 9.90. The fourth-order valence-electron chi connectivity index (χ4n) is 5.95. The minimum Gasteiger partial charge on any atom is -0.365 e. The number of anilines is 2. The summed E-state index contributed by atoms with van der Waals surface area (Å²) in [4.78, 5) is 10.0. The summed E-state index contributed by atoms with van der Waals surface area (Å²) in [5, 5.41) is 13.6. The topological polar surface area (TPSA) is 104 Å². The number of nitrogens with one attached hydrogen (secondary N) is 2. The Balaban J connectivity index is 0.000000414. The quantitative estimate of drug-likeness (QED) is 0.0979. The van der Waals surface area contributed by atoms with Crippen LogP contribution < -0.4 is 10.6 Å². The van der Waals surface area contributed by atoms with Crippen molar-refractivity contribution in [2.45, 2.75) is 43.3 Å². The first kappa shape index (κ1) is 31.3. The van der Waals surface area contributed by atoms with Gasteiger partial charge >= 0.3 is 15.6 Å². The molecule has 0 spiro atoms. The Hall–Kier alpha value is -4.74. The van der Waals surface area contributed by atoms with E-state index in [0.717, 1.165) is 35.7 Å². The lowest BCUT2D eigenvalue weighted by molar-refractivity contribution is -0.0510. The highest BCUT2D eigenvalue weighted by Gasteiger charge is 2.44. The largest absolute Gasteiger partial charge is 0.522 e. The molecule has 1 aliphatic rings. The molecule has 2 atom stereocenters. The lowest BCUT2D eigenvalue weighted by Gasteiger charge is -2.33. The molecule has 236 valence electrons. The Bertz CT molecular complexity index is 2070. The van der Waals surface area contributed by atoms with Gasteiger partial charge in [-0.1, -0.05) is 85.6 Å². The minimum absolute atomic E-state index is 0.282. The molecule has 1 fully saturated rings. The van der Waals surface area contributed by atoms with Crippen LogP contribution in [-0.2, 0) is 10.1 Å². The van der Waals surface area contributed by atoms with Gasteiger partial charge in [0.25, 0.3) is 0 Å². The van der Waals surface area contributed by atoms with Crippen LogP contribution in [0, 0.1) is 0 Å². The van der Waals surface area contributed by atoms with E-state index in [2.05, 4.69) is 114 Å². The summed E-state index contributed by atoms with van der Waals surface area (Å²) in [6.45, 7) is 0. The number of pyridine rings is 2. The fourth-order valence-corrected chi connectivity index (χ4v) is 5.95. The first-order valence-electron chi connectivity index (χ1n) is 14.9. The van der Waals surface area contributed by atoms with Gasteiger partial charge in [0.15, 0.2) is 0 Å². The van der Waals surface area contributed by atoms with E-state index in [1.165, 1.54) is 45.3 Å². The zero-order chi connectivity index (χ0) is 32.3. The van der Waals surface area contributed by atoms with Crippen molar-refractivity contribution in [3.8, 4) is 11.3 Å². The highest BCUT2D eigenvalue weighted by atomic mass is 32.2. The van der Waals surface area contributed by atoms with Crippen LogP contribution in [0.15, 0.2) is 109 Å². The minimum atomic E-state index is -5.84. The molecule has 7 nitrogen and oxygen atoms in total. The Morgan fingerprint density at radius 1 is 0.652 bits per heavy atom. The number of para-hydroxylation sites is 1. The van der Waals surface area contributed by atoms with E-state index >= 15 is 0 Å². The predicted molar refractivity (Wildman–Crippen MR) is 177 cm³/mol. The second kappa shape index (κ2) is 12.9. The smallest absolute Gasteiger partial charge is 0.365 e. The second-order valence-corrected chi connectivity index (χ2v) is 12.6. The Morgan fingerprint density at radius 2 is 1.17 bits per heavy atom. The maximum atomic E-state index is 10.7. The Kier molecular flexibility index (Phi) is 8.79. The monoisotopic (exact) mass is 644 g/mol. The maximum Gasteiger partial charge on any atom is 0.522 e. The fraction of sp³-hybridized carbons (Fsp3) is 0.200. The van der Waals surface area contributed by atoms with Gasteiger partial charge in [0.2, 0.25) is 0 Å². The third-order valence-electron chi connectivity index (χ3n) is 8.10. The van der Waals surface area contributed by atoms with Crippen LogP contribution in [0.1, 0.15) is 25.7 Å². The lowest BCUT2D eigenvalue weighted by Crippen LogP contribution is -2.42. The van der Waals surface area contributed by atoms with Gasteiger partial charge in [0.1, 0.15) is 11.6 Å². The van der Waals surface area contributed by atoms with Crippen LogP contribution in [-0.4, -0.2) is 40.5 Å². The summed E-state index contributed by atoms with van der Waals surface area (Å²) in [5.41, 5.74) is -2.32. The molecule has 0 aliphatic heterocycles. The number of nitrogens with zero attached hydrogens (tertiary/aromatic N) is 2. The van der Waals surface area contributed by atoms with Gasteiger partial charge in [-0.3, -0.25) is 4.55 Å². The summed E-state index contributed by atoms with van der Waals surface area (Å²) in [6, 6.07) is 38.9. The third kappa shape index (κ3) is 6.90. The molecule has 1 aliphatic carbocycles. The zero-order valence-electron chi connectivity index (χ0n) is 24.6. The van der Waals surface area contributed by atoms with Crippen LogP contribution >= 0.6 is 0 Å². The number of hydrogen-bond donors (Lipinski definition) is 3. The van der Waals surface area contributed by atoms with Crippen molar-refractivity contribution in [2.24, 2.45) is 0 Å². The number of aromatic nitrogens is 2. The van der Waals surface area contributed by atoms with E-state index in [9.17, 15) is 13.2 Å². The number of hydrogen-bond acceptors (Lipinski definition) is 6. The molecule has 11 heteroatoms. The van der Waals surface area contributed by atoms with Crippen LogP contribution in [0.3, 0.4) is 0 Å². The number of fused-ring (bicyclic) bond motifs is 3. The standard InChI is InChI=1S/C34H30N4.CHF3O3S/c1-4-13-26-24(11-1)22-25-12-2-5-14-27(25)34(26)31-18-9-19-32(38-31)36-29-16-7-8-17-30(29)37-33-21-20-23-10-3-6-15-28(23)35-33;2-1(3,4)8(5,6)7/h1-6,9-15,18-22,29-30H,7-8,16-17H2,(H,35,37)(H,36,38);(H,5,6,7)/t29-,30-;/m1./s1. The number of alkyl halides is 3. The molecule has 4 aromatic carbocycles. The molecular formula is C35H31F3N4O3S. The molecule has 3 N–H and O–H groups in total. The van der Waals surface area contributed by atoms with E-state index in [1.54, 1.807) is 0 Å². The van der Waals surface area contributed by atoms with Crippen molar-refractivity contribution in [1.82, 2.24) is 9.97 Å². The number of halogens is 3. The van der Waals surface area contributed by atoms with E-state index < -0.39 is 15.6 Å². The van der Waals surface area contributed by atoms with Gasteiger partial charge in [-0.15, -0.1) is 0 Å². The van der Waals surface area contributed by atoms with E-state index in [4.69, 9.17) is 22.9 Å². The molecule has 0 bridgehead atoms. The average Bonchev–Trinajstić information content (AvgIpc) is 3.04. The normalized spacial score (nSPS) is 17.0. The summed E-state index contributed by atoms with van der Waals surface area (Å²) in [5.74, 6) is 1.86. The van der Waals surface area contributed by atoms with Crippen LogP contribution in [0.25, 0.3) is 43.7 Å². The molecular weight excluding hydrogens is 613 g/mol. The highest BCUT2D eigenvalue weighted by Crippen LogP contribution is 2.36. The average molecular weight is 645 g/mol. The van der Waals surface area contributed by atoms with Gasteiger partial charge in [-0.25, -0.2) is 9.97 Å². The van der Waals surface area contributed by atoms with Crippen molar-refractivity contribution >= 4 is 54.2 Å². The summed E-state index contributed by atoms with van der Waals surface area (Å²) in [7, 11) is -5.84. The molecule has 6 aromatic rings. The summed E-state index contributed by atoms with van der Waals surface area (Å²) in [6.07, 6.45) is 4.65. The van der Waals surface area contributed by atoms with Gasteiger partial charge in [0, 0.05) is 23.0 Å². The summed E-state index contributed by atoms with van der Waals surface area (Å²) < 4.78 is 57.5. The Labute approximate surface area is 264 Å². The first-order chi connectivity index (χ1) is 22.1. The third-order valence-corrected chi connectivity index (χ3v) is 8.68. The van der Waals surface area contributed by atoms with Crippen molar-refractivity contribution in [2.75, 3.05) is 10.6 Å². The highest BCUT2D eigenvalue weighted by molar-refractivity contribution is 7.86. The van der Waals surface area contributed by atoms with Crippen LogP contribution in [0.5, 0.6) is 0 Å². The molecule has 2 aromatic heterocycles. The Morgan fingerprint density at radius 3 is 1.76 bits per heavy atom. The predicted octanol–water partition coefficient (Wildman–Crippen LogP) is 8.83. The molecule has 0 unspecified atom stereocenters. The molecule has 2 heterocycles. The number of benzene rings is 4. The SMILES string of the molecule is O=S(=O)(O)C(F)(F)F.c1cc(N[C@@H]2CCCC[C@H]2Nc2ccc3ccccc3n2)nc(-c2c3ccccc3cc3ccccc23)c1. The number of rotatable bonds is 5. The molecule has 0 saturated heterocycles. The molecule has 0 radical (unpaired) electrons. The summed E-state index contributed by atoms with van der Waals surface area (Å²) >= 11 is 0. The zero-order valence-corrected chi connectivity index (χ0v) is 25.4. The van der Waals surface area contributed by atoms with Gasteiger partial charge in [-0.05, 0) is 70.8 Å². The van der Waals surface area contributed by atoms with Crippen molar-refractivity contribution in [1.29, 1.82) is 0 Å². The molecule has 7 rings (SSSR count). The van der Waals surface area contributed by atoms with Gasteiger partial charge in [0.05, 0.1) is 11.2 Å². The maximum absolute atomic E-state index is 10.7. The van der Waals surface area contributed by atoms with Crippen molar-refractivity contribution in [3.63, 3.8) is 0 Å². The van der Waals surface area contributed by atoms with Gasteiger partial charge in [-0.2, -0.15) is 21.6 Å². The molecule has 1 saturated carbocycles. The van der Waals surface area contributed by atoms with E-state index in [0.29, 0.717) is 6.04 Å². The van der Waals surface area contributed by atoms with E-state index in [1.807, 2.05) is 6.07 Å². The molecule has 46 heavy (non-hydrogen) atoms. The van der Waals surface area contributed by atoms with Crippen LogP contribution in [0.2, 0.25) is 0 Å². The first-order valence-corrected chi connectivity index (χ1v) is 16.3.